The minimum Gasteiger partial charge on any atom is -0.373 e. The summed E-state index contributed by atoms with van der Waals surface area (Å²) in [6, 6.07) is 10.9. The predicted molar refractivity (Wildman–Crippen MR) is 92.7 cm³/mol. The highest BCUT2D eigenvalue weighted by Gasteiger charge is 2.26. The maximum absolute atomic E-state index is 13.3. The average Bonchev–Trinajstić information content (AvgIpc) is 2.91. The molecule has 1 aliphatic carbocycles. The zero-order valence-electron chi connectivity index (χ0n) is 13.7. The molecule has 0 bridgehead atoms. The lowest BCUT2D eigenvalue weighted by atomic mass is 10.1. The molecule has 0 N–H and O–H groups in total. The highest BCUT2D eigenvalue weighted by Crippen LogP contribution is 2.27. The number of nitrogens with zero attached hydrogens (tertiary/aromatic N) is 2. The number of ketones is 1. The van der Waals surface area contributed by atoms with Gasteiger partial charge in [-0.2, -0.15) is 0 Å². The molecule has 0 aromatic heterocycles. The van der Waals surface area contributed by atoms with Crippen molar-refractivity contribution in [1.29, 1.82) is 0 Å². The van der Waals surface area contributed by atoms with Crippen molar-refractivity contribution >= 4 is 11.5 Å². The number of allylic oxidation sites excluding steroid dienone is 1. The van der Waals surface area contributed by atoms with Crippen LogP contribution in [0.3, 0.4) is 0 Å². The molecule has 0 atom stereocenters. The summed E-state index contributed by atoms with van der Waals surface area (Å²) in [5, 5.41) is 0. The number of benzene rings is 2. The van der Waals surface area contributed by atoms with Crippen LogP contribution in [-0.4, -0.2) is 36.9 Å². The molecule has 4 rings (SSSR count). The van der Waals surface area contributed by atoms with Gasteiger partial charge in [-0.25, -0.2) is 8.78 Å². The maximum atomic E-state index is 13.3. The molecule has 0 saturated carbocycles. The van der Waals surface area contributed by atoms with Crippen molar-refractivity contribution in [3.63, 3.8) is 0 Å². The number of hydrogen-bond donors (Lipinski definition) is 0. The molecule has 2 aliphatic rings. The zero-order valence-corrected chi connectivity index (χ0v) is 13.7. The third kappa shape index (κ3) is 3.14. The van der Waals surface area contributed by atoms with E-state index >= 15 is 0 Å². The first kappa shape index (κ1) is 15.8. The summed E-state index contributed by atoms with van der Waals surface area (Å²) in [7, 11) is 0. The summed E-state index contributed by atoms with van der Waals surface area (Å²) in [5.74, 6) is -0.542. The Morgan fingerprint density at radius 1 is 0.880 bits per heavy atom. The number of fused-ring (bicyclic) bond motifs is 1. The molecule has 1 fully saturated rings. The molecule has 128 valence electrons. The van der Waals surface area contributed by atoms with E-state index in [0.717, 1.165) is 43.0 Å². The Kier molecular flexibility index (Phi) is 3.99. The second kappa shape index (κ2) is 6.31. The lowest BCUT2D eigenvalue weighted by Crippen LogP contribution is -2.44. The SMILES string of the molecule is O=C1C(=CN2CCN(c3ccc(F)cc3)CC2)Cc2cc(F)ccc21. The topological polar surface area (TPSA) is 23.6 Å². The van der Waals surface area contributed by atoms with Gasteiger partial charge in [-0.3, -0.25) is 4.79 Å². The van der Waals surface area contributed by atoms with Crippen molar-refractivity contribution < 1.29 is 13.6 Å². The molecule has 1 saturated heterocycles. The second-order valence-electron chi connectivity index (χ2n) is 6.46. The number of halogens is 2. The number of piperazine rings is 1. The Labute approximate surface area is 145 Å². The molecular formula is C20H18F2N2O. The number of carbonyl (C=O) groups excluding carboxylic acids is 1. The molecule has 25 heavy (non-hydrogen) atoms. The van der Waals surface area contributed by atoms with Gasteiger partial charge < -0.3 is 9.80 Å². The fraction of sp³-hybridized carbons (Fsp3) is 0.250. The summed E-state index contributed by atoms with van der Waals surface area (Å²) < 4.78 is 26.4. The zero-order chi connectivity index (χ0) is 17.4. The standard InChI is InChI=1S/C20H18F2N2O/c21-16-1-4-18(5-2-16)24-9-7-23(8-10-24)13-15-11-14-12-17(22)3-6-19(14)20(15)25/h1-6,12-13H,7-11H2. The molecule has 1 heterocycles. The average molecular weight is 340 g/mol. The van der Waals surface area contributed by atoms with Crippen LogP contribution in [-0.2, 0) is 6.42 Å². The van der Waals surface area contributed by atoms with E-state index in [1.807, 2.05) is 6.20 Å². The van der Waals surface area contributed by atoms with Crippen molar-refractivity contribution in [2.75, 3.05) is 31.1 Å². The fourth-order valence-corrected chi connectivity index (χ4v) is 3.47. The van der Waals surface area contributed by atoms with Crippen molar-refractivity contribution in [3.05, 3.63) is 77.0 Å². The van der Waals surface area contributed by atoms with Gasteiger partial charge in [-0.1, -0.05) is 0 Å². The highest BCUT2D eigenvalue weighted by atomic mass is 19.1. The molecule has 0 amide bonds. The first-order valence-electron chi connectivity index (χ1n) is 8.38. The van der Waals surface area contributed by atoms with E-state index in [1.165, 1.54) is 24.3 Å². The highest BCUT2D eigenvalue weighted by molar-refractivity contribution is 6.13. The van der Waals surface area contributed by atoms with Crippen molar-refractivity contribution in [3.8, 4) is 0 Å². The van der Waals surface area contributed by atoms with Gasteiger partial charge in [0.25, 0.3) is 0 Å². The lowest BCUT2D eigenvalue weighted by Gasteiger charge is -2.35. The Hall–Kier alpha value is -2.69. The molecule has 2 aromatic rings. The van der Waals surface area contributed by atoms with Gasteiger partial charge in [0, 0.05) is 55.6 Å². The van der Waals surface area contributed by atoms with Crippen LogP contribution in [0, 0.1) is 11.6 Å². The van der Waals surface area contributed by atoms with Crippen LogP contribution < -0.4 is 4.90 Å². The quantitative estimate of drug-likeness (QED) is 0.783. The van der Waals surface area contributed by atoms with E-state index in [9.17, 15) is 13.6 Å². The van der Waals surface area contributed by atoms with Crippen molar-refractivity contribution in [1.82, 2.24) is 4.90 Å². The third-order valence-electron chi connectivity index (χ3n) is 4.83. The minimum atomic E-state index is -0.305. The van der Waals surface area contributed by atoms with Crippen molar-refractivity contribution in [2.24, 2.45) is 0 Å². The van der Waals surface area contributed by atoms with Gasteiger partial charge in [0.05, 0.1) is 0 Å². The Morgan fingerprint density at radius 2 is 1.56 bits per heavy atom. The molecule has 0 unspecified atom stereocenters. The van der Waals surface area contributed by atoms with Crippen LogP contribution in [0.15, 0.2) is 54.2 Å². The van der Waals surface area contributed by atoms with Crippen LogP contribution in [0.5, 0.6) is 0 Å². The Bertz CT molecular complexity index is 837. The molecule has 1 aliphatic heterocycles. The van der Waals surface area contributed by atoms with Gasteiger partial charge in [-0.15, -0.1) is 0 Å². The number of Topliss-reactive ketones (excluding diaryl/α,β-unsaturated/α-hetero) is 1. The monoisotopic (exact) mass is 340 g/mol. The molecule has 0 radical (unpaired) electrons. The number of carbonyl (C=O) groups is 1. The predicted octanol–water partition coefficient (Wildman–Crippen LogP) is 3.41. The lowest BCUT2D eigenvalue weighted by molar-refractivity contribution is 0.103. The first-order valence-corrected chi connectivity index (χ1v) is 8.38. The smallest absolute Gasteiger partial charge is 0.191 e. The fourth-order valence-electron chi connectivity index (χ4n) is 3.47. The van der Waals surface area contributed by atoms with E-state index in [2.05, 4.69) is 9.80 Å². The second-order valence-corrected chi connectivity index (χ2v) is 6.46. The number of rotatable bonds is 2. The molecular weight excluding hydrogens is 322 g/mol. The van der Waals surface area contributed by atoms with Gasteiger partial charge in [0.2, 0.25) is 0 Å². The Balaban J connectivity index is 1.43. The summed E-state index contributed by atoms with van der Waals surface area (Å²) >= 11 is 0. The van der Waals surface area contributed by atoms with E-state index in [1.54, 1.807) is 18.2 Å². The summed E-state index contributed by atoms with van der Waals surface area (Å²) in [5.41, 5.74) is 3.10. The van der Waals surface area contributed by atoms with Crippen LogP contribution >= 0.6 is 0 Å². The van der Waals surface area contributed by atoms with E-state index in [0.29, 0.717) is 12.0 Å². The first-order chi connectivity index (χ1) is 12.1. The summed E-state index contributed by atoms with van der Waals surface area (Å²) in [6.45, 7) is 3.20. The van der Waals surface area contributed by atoms with Crippen LogP contribution in [0.1, 0.15) is 15.9 Å². The Morgan fingerprint density at radius 3 is 2.28 bits per heavy atom. The summed E-state index contributed by atoms with van der Waals surface area (Å²) in [4.78, 5) is 16.8. The van der Waals surface area contributed by atoms with Crippen molar-refractivity contribution in [2.45, 2.75) is 6.42 Å². The molecule has 5 heteroatoms. The molecule has 3 nitrogen and oxygen atoms in total. The summed E-state index contributed by atoms with van der Waals surface area (Å²) in [6.07, 6.45) is 2.41. The van der Waals surface area contributed by atoms with Crippen LogP contribution in [0.4, 0.5) is 14.5 Å². The van der Waals surface area contributed by atoms with E-state index in [4.69, 9.17) is 0 Å². The van der Waals surface area contributed by atoms with Gasteiger partial charge in [0.15, 0.2) is 5.78 Å². The third-order valence-corrected chi connectivity index (χ3v) is 4.83. The molecule has 2 aromatic carbocycles. The number of anilines is 1. The van der Waals surface area contributed by atoms with Gasteiger partial charge >= 0.3 is 0 Å². The normalized spacial score (nSPS) is 18.8. The van der Waals surface area contributed by atoms with Gasteiger partial charge in [0.1, 0.15) is 11.6 Å². The van der Waals surface area contributed by atoms with E-state index in [-0.39, 0.29) is 17.4 Å². The largest absolute Gasteiger partial charge is 0.373 e. The number of hydrogen-bond acceptors (Lipinski definition) is 3. The minimum absolute atomic E-state index is 0.00374. The van der Waals surface area contributed by atoms with Crippen LogP contribution in [0.2, 0.25) is 0 Å². The maximum Gasteiger partial charge on any atom is 0.191 e. The van der Waals surface area contributed by atoms with E-state index < -0.39 is 0 Å². The molecule has 0 spiro atoms. The van der Waals surface area contributed by atoms with Gasteiger partial charge in [-0.05, 0) is 48.0 Å². The van der Waals surface area contributed by atoms with Crippen LogP contribution in [0.25, 0.3) is 0 Å².